The van der Waals surface area contributed by atoms with Crippen molar-refractivity contribution in [2.75, 3.05) is 20.6 Å². The second-order valence-corrected chi connectivity index (χ2v) is 4.26. The van der Waals surface area contributed by atoms with Crippen molar-refractivity contribution in [3.63, 3.8) is 0 Å². The van der Waals surface area contributed by atoms with Gasteiger partial charge >= 0.3 is 0 Å². The van der Waals surface area contributed by atoms with E-state index in [-0.39, 0.29) is 5.56 Å². The summed E-state index contributed by atoms with van der Waals surface area (Å²) >= 11 is 0. The Labute approximate surface area is 111 Å². The molecule has 19 heavy (non-hydrogen) atoms. The predicted octanol–water partition coefficient (Wildman–Crippen LogP) is 1.52. The number of halogens is 2. The van der Waals surface area contributed by atoms with Crippen LogP contribution in [0.5, 0.6) is 0 Å². The van der Waals surface area contributed by atoms with Gasteiger partial charge in [0, 0.05) is 32.6 Å². The minimum Gasteiger partial charge on any atom is -0.393 e. The third kappa shape index (κ3) is 4.25. The lowest BCUT2D eigenvalue weighted by atomic mass is 9.93. The highest BCUT2D eigenvalue weighted by Gasteiger charge is 2.23. The fourth-order valence-electron chi connectivity index (χ4n) is 1.86. The van der Waals surface area contributed by atoms with E-state index in [2.05, 4.69) is 10.4 Å². The Balaban J connectivity index is 3.00. The SMILES string of the molecule is CN=CN(CC(c1ccc(F)cc1F)C(C)O)NC. The van der Waals surface area contributed by atoms with Crippen LogP contribution in [0.25, 0.3) is 0 Å². The van der Waals surface area contributed by atoms with Gasteiger partial charge in [-0.15, -0.1) is 0 Å². The zero-order valence-corrected chi connectivity index (χ0v) is 11.3. The smallest absolute Gasteiger partial charge is 0.129 e. The fraction of sp³-hybridized carbons (Fsp3) is 0.462. The number of hydrazine groups is 1. The molecule has 0 saturated heterocycles. The first-order chi connectivity index (χ1) is 8.99. The van der Waals surface area contributed by atoms with Crippen molar-refractivity contribution in [1.29, 1.82) is 0 Å². The molecule has 4 nitrogen and oxygen atoms in total. The molecule has 1 aromatic rings. The van der Waals surface area contributed by atoms with Crippen molar-refractivity contribution in [3.05, 3.63) is 35.4 Å². The highest BCUT2D eigenvalue weighted by molar-refractivity contribution is 5.54. The van der Waals surface area contributed by atoms with Crippen LogP contribution in [0.2, 0.25) is 0 Å². The summed E-state index contributed by atoms with van der Waals surface area (Å²) < 4.78 is 26.7. The minimum absolute atomic E-state index is 0.279. The molecule has 0 fully saturated rings. The number of aliphatic imine (C=N–C) groups is 1. The monoisotopic (exact) mass is 271 g/mol. The number of hydrogen-bond donors (Lipinski definition) is 2. The van der Waals surface area contributed by atoms with Crippen LogP contribution in [-0.4, -0.2) is 43.2 Å². The maximum absolute atomic E-state index is 13.8. The Hall–Kier alpha value is -1.53. The lowest BCUT2D eigenvalue weighted by Crippen LogP contribution is -2.39. The van der Waals surface area contributed by atoms with E-state index < -0.39 is 23.7 Å². The van der Waals surface area contributed by atoms with Crippen LogP contribution >= 0.6 is 0 Å². The van der Waals surface area contributed by atoms with Crippen LogP contribution in [0.3, 0.4) is 0 Å². The maximum atomic E-state index is 13.8. The topological polar surface area (TPSA) is 47.9 Å². The quantitative estimate of drug-likeness (QED) is 0.468. The minimum atomic E-state index is -0.777. The number of benzene rings is 1. The largest absolute Gasteiger partial charge is 0.393 e. The van der Waals surface area contributed by atoms with Gasteiger partial charge < -0.3 is 5.11 Å². The van der Waals surface area contributed by atoms with Crippen LogP contribution in [0, 0.1) is 11.6 Å². The normalized spacial score (nSPS) is 14.6. The zero-order valence-electron chi connectivity index (χ0n) is 11.3. The van der Waals surface area contributed by atoms with Crippen LogP contribution in [0.4, 0.5) is 8.78 Å². The highest BCUT2D eigenvalue weighted by atomic mass is 19.1. The molecule has 0 aliphatic carbocycles. The third-order valence-corrected chi connectivity index (χ3v) is 2.88. The van der Waals surface area contributed by atoms with E-state index in [1.165, 1.54) is 18.5 Å². The van der Waals surface area contributed by atoms with Crippen molar-refractivity contribution in [3.8, 4) is 0 Å². The molecule has 1 rings (SSSR count). The summed E-state index contributed by atoms with van der Waals surface area (Å²) in [4.78, 5) is 3.85. The molecule has 0 aliphatic rings. The van der Waals surface area contributed by atoms with Crippen LogP contribution < -0.4 is 5.43 Å². The van der Waals surface area contributed by atoms with Gasteiger partial charge in [0.05, 0.1) is 12.4 Å². The molecule has 2 N–H and O–H groups in total. The molecule has 2 unspecified atom stereocenters. The fourth-order valence-corrected chi connectivity index (χ4v) is 1.86. The average molecular weight is 271 g/mol. The van der Waals surface area contributed by atoms with E-state index >= 15 is 0 Å². The Morgan fingerprint density at radius 2 is 2.16 bits per heavy atom. The zero-order chi connectivity index (χ0) is 14.4. The molecule has 0 aromatic heterocycles. The van der Waals surface area contributed by atoms with E-state index in [9.17, 15) is 13.9 Å². The van der Waals surface area contributed by atoms with Crippen molar-refractivity contribution >= 4 is 6.34 Å². The molecule has 0 aliphatic heterocycles. The van der Waals surface area contributed by atoms with E-state index in [0.717, 1.165) is 6.07 Å². The molecule has 0 heterocycles. The number of nitrogens with one attached hydrogen (secondary N) is 1. The van der Waals surface area contributed by atoms with Crippen LogP contribution in [0.15, 0.2) is 23.2 Å². The highest BCUT2D eigenvalue weighted by Crippen LogP contribution is 2.24. The van der Waals surface area contributed by atoms with Gasteiger partial charge in [-0.2, -0.15) is 0 Å². The number of nitrogens with zero attached hydrogens (tertiary/aromatic N) is 2. The summed E-state index contributed by atoms with van der Waals surface area (Å²) in [5.41, 5.74) is 3.14. The molecule has 6 heteroatoms. The Kier molecular flexibility index (Phi) is 5.85. The Morgan fingerprint density at radius 3 is 2.63 bits per heavy atom. The van der Waals surface area contributed by atoms with Gasteiger partial charge in [0.1, 0.15) is 11.6 Å². The van der Waals surface area contributed by atoms with Gasteiger partial charge in [0.2, 0.25) is 0 Å². The molecule has 0 spiro atoms. The Morgan fingerprint density at radius 1 is 1.47 bits per heavy atom. The number of aliphatic hydroxyl groups excluding tert-OH is 1. The summed E-state index contributed by atoms with van der Waals surface area (Å²) in [5, 5.41) is 11.4. The first kappa shape index (κ1) is 15.5. The molecule has 1 aromatic carbocycles. The molecule has 0 saturated carbocycles. The van der Waals surface area contributed by atoms with Crippen molar-refractivity contribution in [1.82, 2.24) is 10.4 Å². The lowest BCUT2D eigenvalue weighted by Gasteiger charge is -2.27. The predicted molar refractivity (Wildman–Crippen MR) is 71.0 cm³/mol. The summed E-state index contributed by atoms with van der Waals surface area (Å²) in [6, 6.07) is 3.37. The second-order valence-electron chi connectivity index (χ2n) is 4.26. The number of hydrogen-bond acceptors (Lipinski definition) is 3. The molecule has 2 atom stereocenters. The van der Waals surface area contributed by atoms with Crippen LogP contribution in [-0.2, 0) is 0 Å². The van der Waals surface area contributed by atoms with Gasteiger partial charge in [-0.05, 0) is 18.6 Å². The second kappa shape index (κ2) is 7.16. The standard InChI is InChI=1S/C13H19F2N3O/c1-9(19)12(7-18(17-3)8-16-2)11-5-4-10(14)6-13(11)15/h4-6,8-9,12,17,19H,7H2,1-3H3. The summed E-state index contributed by atoms with van der Waals surface area (Å²) in [6.07, 6.45) is 0.762. The third-order valence-electron chi connectivity index (χ3n) is 2.88. The lowest BCUT2D eigenvalue weighted by molar-refractivity contribution is 0.139. The average Bonchev–Trinajstić information content (AvgIpc) is 2.35. The first-order valence-corrected chi connectivity index (χ1v) is 5.99. The molecular weight excluding hydrogens is 252 g/mol. The number of aliphatic hydroxyl groups is 1. The van der Waals surface area contributed by atoms with E-state index in [4.69, 9.17) is 0 Å². The number of rotatable bonds is 6. The molecule has 0 amide bonds. The van der Waals surface area contributed by atoms with E-state index in [0.29, 0.717) is 6.54 Å². The van der Waals surface area contributed by atoms with Gasteiger partial charge in [-0.1, -0.05) is 6.07 Å². The molecule has 0 radical (unpaired) electrons. The van der Waals surface area contributed by atoms with Gasteiger partial charge in [0.25, 0.3) is 0 Å². The van der Waals surface area contributed by atoms with E-state index in [1.54, 1.807) is 26.0 Å². The van der Waals surface area contributed by atoms with Crippen molar-refractivity contribution < 1.29 is 13.9 Å². The first-order valence-electron chi connectivity index (χ1n) is 5.99. The van der Waals surface area contributed by atoms with Gasteiger partial charge in [-0.25, -0.2) is 14.2 Å². The molecule has 106 valence electrons. The van der Waals surface area contributed by atoms with Gasteiger partial charge in [0.15, 0.2) is 0 Å². The van der Waals surface area contributed by atoms with E-state index in [1.807, 2.05) is 0 Å². The maximum Gasteiger partial charge on any atom is 0.129 e. The summed E-state index contributed by atoms with van der Waals surface area (Å²) in [5.74, 6) is -1.78. The Bertz CT molecular complexity index is 438. The van der Waals surface area contributed by atoms with Gasteiger partial charge in [-0.3, -0.25) is 10.0 Å². The van der Waals surface area contributed by atoms with Crippen molar-refractivity contribution in [2.45, 2.75) is 18.9 Å². The van der Waals surface area contributed by atoms with Crippen molar-refractivity contribution in [2.24, 2.45) is 4.99 Å². The van der Waals surface area contributed by atoms with Crippen LogP contribution in [0.1, 0.15) is 18.4 Å². The molecular formula is C13H19F2N3O. The summed E-state index contributed by atoms with van der Waals surface area (Å²) in [7, 11) is 3.31. The molecule has 0 bridgehead atoms. The summed E-state index contributed by atoms with van der Waals surface area (Å²) in [6.45, 7) is 1.89.